The largest absolute Gasteiger partial charge is 0.505 e. The first-order valence-corrected chi connectivity index (χ1v) is 7.73. The van der Waals surface area contributed by atoms with Crippen LogP contribution in [0.25, 0.3) is 10.9 Å². The van der Waals surface area contributed by atoms with E-state index in [0.29, 0.717) is 10.0 Å². The van der Waals surface area contributed by atoms with Gasteiger partial charge in [-0.25, -0.2) is 3.97 Å². The van der Waals surface area contributed by atoms with Gasteiger partial charge in [0.2, 0.25) is 0 Å². The maximum Gasteiger partial charge on any atom is 0.363 e. The molecule has 0 saturated heterocycles. The van der Waals surface area contributed by atoms with Gasteiger partial charge >= 0.3 is 10.3 Å². The van der Waals surface area contributed by atoms with Gasteiger partial charge in [0, 0.05) is 11.6 Å². The number of aromatic nitrogens is 1. The van der Waals surface area contributed by atoms with Crippen LogP contribution >= 0.6 is 11.6 Å². The molecule has 0 atom stereocenters. The van der Waals surface area contributed by atoms with Crippen LogP contribution < -0.4 is 0 Å². The van der Waals surface area contributed by atoms with Gasteiger partial charge in [0.1, 0.15) is 4.90 Å². The van der Waals surface area contributed by atoms with Crippen molar-refractivity contribution in [1.82, 2.24) is 3.97 Å². The molecule has 0 amide bonds. The van der Waals surface area contributed by atoms with Crippen molar-refractivity contribution in [2.75, 3.05) is 0 Å². The number of aromatic hydroxyl groups is 1. The first kappa shape index (κ1) is 14.1. The van der Waals surface area contributed by atoms with E-state index >= 15 is 0 Å². The minimum atomic E-state index is -4.81. The lowest BCUT2D eigenvalue weighted by atomic mass is 10.2. The fourth-order valence-corrected chi connectivity index (χ4v) is 3.12. The van der Waals surface area contributed by atoms with Crippen molar-refractivity contribution < 1.29 is 31.0 Å². The van der Waals surface area contributed by atoms with Gasteiger partial charge in [-0.05, 0) is 12.1 Å². The second-order valence-corrected chi connectivity index (χ2v) is 6.59. The first-order valence-electron chi connectivity index (χ1n) is 4.51. The Bertz CT molecular complexity index is 881. The van der Waals surface area contributed by atoms with Crippen molar-refractivity contribution in [2.24, 2.45) is 0 Å². The van der Waals surface area contributed by atoms with Crippen molar-refractivity contribution in [3.05, 3.63) is 23.4 Å². The Morgan fingerprint density at radius 1 is 1.16 bits per heavy atom. The number of rotatable bonds is 2. The molecule has 3 N–H and O–H groups in total. The van der Waals surface area contributed by atoms with Gasteiger partial charge in [-0.3, -0.25) is 9.11 Å². The van der Waals surface area contributed by atoms with Crippen LogP contribution in [0.15, 0.2) is 23.2 Å². The molecular weight excluding hydrogens is 322 g/mol. The Morgan fingerprint density at radius 2 is 1.74 bits per heavy atom. The van der Waals surface area contributed by atoms with E-state index in [1.807, 2.05) is 0 Å². The van der Waals surface area contributed by atoms with E-state index in [4.69, 9.17) is 20.7 Å². The molecule has 1 heterocycles. The number of phenolic OH excluding ortho intramolecular Hbond substituents is 1. The zero-order chi connectivity index (χ0) is 14.6. The van der Waals surface area contributed by atoms with Crippen LogP contribution in [0, 0.1) is 0 Å². The molecular formula is C8H6ClNO7S2. The lowest BCUT2D eigenvalue weighted by molar-refractivity contribution is 0.444. The van der Waals surface area contributed by atoms with E-state index in [1.54, 1.807) is 0 Å². The molecule has 0 radical (unpaired) electrons. The Labute approximate surface area is 112 Å². The smallest absolute Gasteiger partial charge is 0.363 e. The van der Waals surface area contributed by atoms with Crippen molar-refractivity contribution in [3.8, 4) is 5.75 Å². The number of benzene rings is 1. The fourth-order valence-electron chi connectivity index (χ4n) is 1.58. The van der Waals surface area contributed by atoms with Crippen LogP contribution in [0.4, 0.5) is 0 Å². The zero-order valence-corrected chi connectivity index (χ0v) is 11.2. The van der Waals surface area contributed by atoms with Crippen molar-refractivity contribution in [1.29, 1.82) is 0 Å². The molecule has 1 aromatic carbocycles. The third kappa shape index (κ3) is 2.28. The van der Waals surface area contributed by atoms with Crippen LogP contribution in [0.1, 0.15) is 0 Å². The molecule has 8 nitrogen and oxygen atoms in total. The highest BCUT2D eigenvalue weighted by Crippen LogP contribution is 2.38. The summed E-state index contributed by atoms with van der Waals surface area (Å²) in [5.74, 6) is -0.912. The molecule has 0 spiro atoms. The van der Waals surface area contributed by atoms with Gasteiger partial charge in [0.05, 0.1) is 10.5 Å². The molecule has 1 aromatic heterocycles. The minimum Gasteiger partial charge on any atom is -0.505 e. The van der Waals surface area contributed by atoms with Crippen LogP contribution in [0.2, 0.25) is 5.02 Å². The molecule has 11 heteroatoms. The summed E-state index contributed by atoms with van der Waals surface area (Å²) in [6, 6.07) is 1.83. The summed E-state index contributed by atoms with van der Waals surface area (Å²) in [5.41, 5.74) is -0.307. The maximum absolute atomic E-state index is 11.1. The SMILES string of the molecule is O=S(=O)(O)c1cc2c(ccn2S(=O)(=O)O)c(Cl)c1O. The number of fused-ring (bicyclic) bond motifs is 1. The number of hydrogen-bond donors (Lipinski definition) is 3. The number of hydrogen-bond acceptors (Lipinski definition) is 5. The molecule has 0 aliphatic rings. The summed E-state index contributed by atoms with van der Waals surface area (Å²) in [6.45, 7) is 0. The monoisotopic (exact) mass is 327 g/mol. The topological polar surface area (TPSA) is 134 Å². The molecule has 19 heavy (non-hydrogen) atoms. The predicted molar refractivity (Wildman–Crippen MR) is 65.4 cm³/mol. The van der Waals surface area contributed by atoms with Crippen LogP contribution in [0.5, 0.6) is 5.75 Å². The molecule has 2 aromatic rings. The Hall–Kier alpha value is -1.33. The summed E-state index contributed by atoms with van der Waals surface area (Å²) in [6.07, 6.45) is 0.916. The minimum absolute atomic E-state index is 0.0100. The average molecular weight is 328 g/mol. The Morgan fingerprint density at radius 3 is 2.21 bits per heavy atom. The Balaban J connectivity index is 3.03. The third-order valence-corrected chi connectivity index (χ3v) is 4.43. The normalized spacial score (nSPS) is 13.0. The van der Waals surface area contributed by atoms with Crippen molar-refractivity contribution in [2.45, 2.75) is 4.90 Å². The highest BCUT2D eigenvalue weighted by Gasteiger charge is 2.23. The van der Waals surface area contributed by atoms with E-state index in [2.05, 4.69) is 0 Å². The summed E-state index contributed by atoms with van der Waals surface area (Å²) in [7, 11) is -9.49. The summed E-state index contributed by atoms with van der Waals surface area (Å²) >= 11 is 5.69. The predicted octanol–water partition coefficient (Wildman–Crippen LogP) is 0.898. The second kappa shape index (κ2) is 4.08. The summed E-state index contributed by atoms with van der Waals surface area (Å²) in [4.78, 5) is -0.964. The van der Waals surface area contributed by atoms with Crippen LogP contribution in [-0.2, 0) is 20.4 Å². The van der Waals surface area contributed by atoms with E-state index in [9.17, 15) is 21.9 Å². The Kier molecular flexibility index (Phi) is 3.03. The van der Waals surface area contributed by atoms with E-state index in [1.165, 1.54) is 0 Å². The lowest BCUT2D eigenvalue weighted by Gasteiger charge is -2.06. The van der Waals surface area contributed by atoms with Crippen molar-refractivity contribution in [3.63, 3.8) is 0 Å². The highest BCUT2D eigenvalue weighted by atomic mass is 35.5. The highest BCUT2D eigenvalue weighted by molar-refractivity contribution is 7.86. The van der Waals surface area contributed by atoms with Crippen LogP contribution in [-0.4, -0.2) is 35.0 Å². The summed E-state index contributed by atoms with van der Waals surface area (Å²) < 4.78 is 62.4. The lowest BCUT2D eigenvalue weighted by Crippen LogP contribution is -2.09. The van der Waals surface area contributed by atoms with Gasteiger partial charge in [-0.2, -0.15) is 16.8 Å². The molecule has 0 unspecified atom stereocenters. The van der Waals surface area contributed by atoms with Gasteiger partial charge in [0.15, 0.2) is 5.75 Å². The third-order valence-electron chi connectivity index (χ3n) is 2.36. The molecule has 0 aliphatic heterocycles. The van der Waals surface area contributed by atoms with Crippen LogP contribution in [0.3, 0.4) is 0 Å². The van der Waals surface area contributed by atoms with E-state index in [-0.39, 0.29) is 10.9 Å². The quantitative estimate of drug-likeness (QED) is 0.697. The first-order chi connectivity index (χ1) is 8.53. The number of nitrogens with zero attached hydrogens (tertiary/aromatic N) is 1. The zero-order valence-electron chi connectivity index (χ0n) is 8.85. The summed E-state index contributed by atoms with van der Waals surface area (Å²) in [5, 5.41) is 9.08. The number of halogens is 1. The van der Waals surface area contributed by atoms with E-state index in [0.717, 1.165) is 12.3 Å². The fraction of sp³-hybridized carbons (Fsp3) is 0. The second-order valence-electron chi connectivity index (χ2n) is 3.53. The maximum atomic E-state index is 11.1. The van der Waals surface area contributed by atoms with Gasteiger partial charge in [-0.1, -0.05) is 11.6 Å². The van der Waals surface area contributed by atoms with Gasteiger partial charge < -0.3 is 5.11 Å². The molecule has 0 saturated carbocycles. The standard InChI is InChI=1S/C8H6ClNO7S2/c9-7-4-1-2-10(19(15,16)17)5(4)3-6(8(7)11)18(12,13)14/h1-3,11H,(H,12,13,14)(H,15,16,17). The van der Waals surface area contributed by atoms with E-state index < -0.39 is 36.1 Å². The van der Waals surface area contributed by atoms with Crippen molar-refractivity contribution >= 4 is 42.9 Å². The molecule has 0 aliphatic carbocycles. The van der Waals surface area contributed by atoms with Gasteiger partial charge in [0.25, 0.3) is 10.1 Å². The molecule has 0 fully saturated rings. The average Bonchev–Trinajstić information content (AvgIpc) is 2.64. The molecule has 104 valence electrons. The van der Waals surface area contributed by atoms with Gasteiger partial charge in [-0.15, -0.1) is 0 Å². The number of phenols is 1. The molecule has 0 bridgehead atoms. The molecule has 2 rings (SSSR count).